The molecule has 0 atom stereocenters. The molecule has 0 aromatic carbocycles. The van der Waals surface area contributed by atoms with Crippen molar-refractivity contribution in [2.24, 2.45) is 0 Å². The number of nitrogens with zero attached hydrogens (tertiary/aromatic N) is 4. The number of carbonyl (C=O) groups is 1. The monoisotopic (exact) mass is 428 g/mol. The zero-order chi connectivity index (χ0) is 18.1. The molecule has 1 aliphatic rings. The molecule has 0 N–H and O–H groups in total. The van der Waals surface area contributed by atoms with E-state index in [1.807, 2.05) is 17.5 Å². The fourth-order valence-electron chi connectivity index (χ4n) is 2.78. The van der Waals surface area contributed by atoms with Gasteiger partial charge in [-0.1, -0.05) is 34.4 Å². The summed E-state index contributed by atoms with van der Waals surface area (Å²) in [6, 6.07) is 5.55. The van der Waals surface area contributed by atoms with Crippen LogP contribution in [0.2, 0.25) is 8.67 Å². The Morgan fingerprint density at radius 1 is 1.27 bits per heavy atom. The number of aromatic nitrogens is 2. The van der Waals surface area contributed by atoms with Gasteiger partial charge in [-0.3, -0.25) is 9.69 Å². The summed E-state index contributed by atoms with van der Waals surface area (Å²) in [5.74, 6) is 1.13. The molecule has 1 saturated heterocycles. The molecule has 26 heavy (non-hydrogen) atoms. The van der Waals surface area contributed by atoms with Crippen LogP contribution in [0.25, 0.3) is 10.7 Å². The van der Waals surface area contributed by atoms with E-state index in [9.17, 15) is 4.79 Å². The lowest BCUT2D eigenvalue weighted by Crippen LogP contribution is -2.48. The van der Waals surface area contributed by atoms with Gasteiger partial charge in [0, 0.05) is 26.2 Å². The molecule has 0 saturated carbocycles. The van der Waals surface area contributed by atoms with Gasteiger partial charge >= 0.3 is 0 Å². The van der Waals surface area contributed by atoms with Crippen LogP contribution in [0.5, 0.6) is 0 Å². The maximum Gasteiger partial charge on any atom is 0.256 e. The summed E-state index contributed by atoms with van der Waals surface area (Å²) >= 11 is 14.8. The van der Waals surface area contributed by atoms with Crippen LogP contribution >= 0.6 is 45.9 Å². The molecule has 0 bridgehead atoms. The van der Waals surface area contributed by atoms with Crippen LogP contribution in [0.4, 0.5) is 0 Å². The second kappa shape index (κ2) is 7.66. The molecular formula is C16H14Cl2N4O2S2. The molecular weight excluding hydrogens is 415 g/mol. The van der Waals surface area contributed by atoms with E-state index >= 15 is 0 Å². The molecule has 3 aromatic heterocycles. The van der Waals surface area contributed by atoms with Crippen molar-refractivity contribution in [1.29, 1.82) is 0 Å². The first kappa shape index (κ1) is 17.9. The van der Waals surface area contributed by atoms with Crippen LogP contribution in [0.1, 0.15) is 16.2 Å². The minimum Gasteiger partial charge on any atom is -0.338 e. The third-order valence-corrected chi connectivity index (χ3v) is 6.47. The third kappa shape index (κ3) is 3.79. The van der Waals surface area contributed by atoms with Gasteiger partial charge in [0.15, 0.2) is 0 Å². The largest absolute Gasteiger partial charge is 0.338 e. The maximum atomic E-state index is 12.6. The van der Waals surface area contributed by atoms with Gasteiger partial charge < -0.3 is 9.42 Å². The molecule has 4 rings (SSSR count). The normalized spacial score (nSPS) is 15.5. The van der Waals surface area contributed by atoms with Gasteiger partial charge in [-0.25, -0.2) is 0 Å². The molecule has 6 nitrogen and oxygen atoms in total. The van der Waals surface area contributed by atoms with E-state index in [1.165, 1.54) is 11.3 Å². The summed E-state index contributed by atoms with van der Waals surface area (Å²) in [5, 5.41) is 6.01. The van der Waals surface area contributed by atoms with Gasteiger partial charge in [-0.15, -0.1) is 22.7 Å². The first-order valence-electron chi connectivity index (χ1n) is 7.93. The van der Waals surface area contributed by atoms with Gasteiger partial charge in [0.05, 0.1) is 21.3 Å². The van der Waals surface area contributed by atoms with Crippen LogP contribution in [0, 0.1) is 0 Å². The quantitative estimate of drug-likeness (QED) is 0.624. The molecule has 0 spiro atoms. The highest BCUT2D eigenvalue weighted by Crippen LogP contribution is 2.32. The Bertz CT molecular complexity index is 901. The smallest absolute Gasteiger partial charge is 0.256 e. The van der Waals surface area contributed by atoms with Crippen molar-refractivity contribution in [2.45, 2.75) is 6.54 Å². The highest BCUT2D eigenvalue weighted by atomic mass is 35.5. The summed E-state index contributed by atoms with van der Waals surface area (Å²) in [4.78, 5) is 22.0. The second-order valence-electron chi connectivity index (χ2n) is 5.80. The number of piperazine rings is 1. The van der Waals surface area contributed by atoms with Crippen molar-refractivity contribution in [3.63, 3.8) is 0 Å². The van der Waals surface area contributed by atoms with Gasteiger partial charge in [0.25, 0.3) is 5.91 Å². The van der Waals surface area contributed by atoms with E-state index in [-0.39, 0.29) is 5.91 Å². The molecule has 1 aliphatic heterocycles. The van der Waals surface area contributed by atoms with E-state index < -0.39 is 0 Å². The van der Waals surface area contributed by atoms with E-state index in [1.54, 1.807) is 22.3 Å². The predicted octanol–water partition coefficient (Wildman–Crippen LogP) is 4.12. The predicted molar refractivity (Wildman–Crippen MR) is 103 cm³/mol. The minimum absolute atomic E-state index is 0.0735. The van der Waals surface area contributed by atoms with Gasteiger partial charge in [0.1, 0.15) is 4.34 Å². The Balaban J connectivity index is 1.34. The molecule has 0 radical (unpaired) electrons. The van der Waals surface area contributed by atoms with Gasteiger partial charge in [-0.2, -0.15) is 4.98 Å². The van der Waals surface area contributed by atoms with Crippen LogP contribution < -0.4 is 0 Å². The summed E-state index contributed by atoms with van der Waals surface area (Å²) in [7, 11) is 0. The Hall–Kier alpha value is -1.45. The summed E-state index contributed by atoms with van der Waals surface area (Å²) in [6.45, 7) is 3.28. The Morgan fingerprint density at radius 2 is 2.08 bits per heavy atom. The fraction of sp³-hybridized carbons (Fsp3) is 0.312. The average Bonchev–Trinajstić information content (AvgIpc) is 3.36. The average molecular weight is 429 g/mol. The first-order valence-corrected chi connectivity index (χ1v) is 10.4. The summed E-state index contributed by atoms with van der Waals surface area (Å²) < 4.78 is 6.31. The SMILES string of the molecule is O=C(c1cc(Cl)sc1Cl)N1CCN(Cc2nc(-c3cccs3)no2)CC1. The molecule has 0 unspecified atom stereocenters. The summed E-state index contributed by atoms with van der Waals surface area (Å²) in [5.41, 5.74) is 0.479. The van der Waals surface area contributed by atoms with E-state index in [0.29, 0.717) is 45.6 Å². The standard InChI is InChI=1S/C16H14Cl2N4O2S2/c17-12-8-10(14(18)26-12)16(23)22-5-3-21(4-6-22)9-13-19-15(20-24-13)11-2-1-7-25-11/h1-2,7-8H,3-6,9H2. The molecule has 1 fully saturated rings. The van der Waals surface area contributed by atoms with Gasteiger partial charge in [0.2, 0.25) is 11.7 Å². The minimum atomic E-state index is -0.0735. The molecule has 4 heterocycles. The number of halogens is 2. The van der Waals surface area contributed by atoms with Gasteiger partial charge in [-0.05, 0) is 17.5 Å². The molecule has 10 heteroatoms. The Kier molecular flexibility index (Phi) is 5.28. The lowest BCUT2D eigenvalue weighted by molar-refractivity contribution is 0.0616. The third-order valence-electron chi connectivity index (χ3n) is 4.12. The van der Waals surface area contributed by atoms with Crippen LogP contribution in [0.15, 0.2) is 28.1 Å². The highest BCUT2D eigenvalue weighted by molar-refractivity contribution is 7.20. The van der Waals surface area contributed by atoms with Crippen molar-refractivity contribution >= 4 is 51.8 Å². The lowest BCUT2D eigenvalue weighted by atomic mass is 10.2. The number of hydrogen-bond acceptors (Lipinski definition) is 7. The maximum absolute atomic E-state index is 12.6. The second-order valence-corrected chi connectivity index (χ2v) is 9.03. The first-order chi connectivity index (χ1) is 12.6. The lowest BCUT2D eigenvalue weighted by Gasteiger charge is -2.33. The number of hydrogen-bond donors (Lipinski definition) is 0. The number of thiophene rings is 2. The summed E-state index contributed by atoms with van der Waals surface area (Å²) in [6.07, 6.45) is 0. The highest BCUT2D eigenvalue weighted by Gasteiger charge is 2.25. The number of amides is 1. The number of carbonyl (C=O) groups excluding carboxylic acids is 1. The fourth-order valence-corrected chi connectivity index (χ4v) is 4.88. The van der Waals surface area contributed by atoms with E-state index in [0.717, 1.165) is 18.0 Å². The Labute approximate surface area is 167 Å². The van der Waals surface area contributed by atoms with Crippen molar-refractivity contribution in [3.8, 4) is 10.7 Å². The molecule has 136 valence electrons. The molecule has 3 aromatic rings. The van der Waals surface area contributed by atoms with Crippen molar-refractivity contribution in [2.75, 3.05) is 26.2 Å². The molecule has 0 aliphatic carbocycles. The molecule has 1 amide bonds. The van der Waals surface area contributed by atoms with Crippen LogP contribution in [0.3, 0.4) is 0 Å². The van der Waals surface area contributed by atoms with Crippen LogP contribution in [-0.4, -0.2) is 52.0 Å². The Morgan fingerprint density at radius 3 is 2.73 bits per heavy atom. The van der Waals surface area contributed by atoms with Crippen molar-refractivity contribution in [1.82, 2.24) is 19.9 Å². The van der Waals surface area contributed by atoms with Crippen LogP contribution in [-0.2, 0) is 6.54 Å². The van der Waals surface area contributed by atoms with Crippen molar-refractivity contribution < 1.29 is 9.32 Å². The van der Waals surface area contributed by atoms with E-state index in [4.69, 9.17) is 27.7 Å². The number of rotatable bonds is 4. The zero-order valence-electron chi connectivity index (χ0n) is 13.5. The van der Waals surface area contributed by atoms with Crippen molar-refractivity contribution in [3.05, 3.63) is 43.7 Å². The van der Waals surface area contributed by atoms with E-state index in [2.05, 4.69) is 15.0 Å². The zero-order valence-corrected chi connectivity index (χ0v) is 16.7. The topological polar surface area (TPSA) is 62.5 Å².